The van der Waals surface area contributed by atoms with Crippen molar-refractivity contribution in [1.29, 1.82) is 0 Å². The zero-order valence-corrected chi connectivity index (χ0v) is 14.3. The van der Waals surface area contributed by atoms with E-state index >= 15 is 0 Å². The molecular weight excluding hydrogens is 332 g/mol. The highest BCUT2D eigenvalue weighted by molar-refractivity contribution is 9.10. The summed E-state index contributed by atoms with van der Waals surface area (Å²) in [5, 5.41) is 3.48. The Morgan fingerprint density at radius 3 is 2.67 bits per heavy atom. The summed E-state index contributed by atoms with van der Waals surface area (Å²) >= 11 is 3.51. The van der Waals surface area contributed by atoms with Gasteiger partial charge in [0.1, 0.15) is 5.75 Å². The molecule has 0 atom stereocenters. The third kappa shape index (κ3) is 5.00. The number of likely N-dealkylation sites (N-methyl/N-ethyl adjacent to an activating group) is 1. The summed E-state index contributed by atoms with van der Waals surface area (Å²) in [6, 6.07) is 6.71. The molecule has 21 heavy (non-hydrogen) atoms. The smallest absolute Gasteiger partial charge is 0.260 e. The van der Waals surface area contributed by atoms with Crippen LogP contribution in [0.3, 0.4) is 0 Å². The van der Waals surface area contributed by atoms with Crippen molar-refractivity contribution in [2.75, 3.05) is 19.7 Å². The van der Waals surface area contributed by atoms with Crippen LogP contribution >= 0.6 is 15.9 Å². The highest BCUT2D eigenvalue weighted by Gasteiger charge is 2.20. The molecule has 0 aliphatic heterocycles. The fraction of sp³-hybridized carbons (Fsp3) is 0.562. The molecule has 2 rings (SSSR count). The number of nitrogens with zero attached hydrogens (tertiary/aromatic N) is 1. The lowest BCUT2D eigenvalue weighted by Gasteiger charge is -2.19. The van der Waals surface area contributed by atoms with E-state index in [2.05, 4.69) is 21.2 Å². The first-order valence-electron chi connectivity index (χ1n) is 7.56. The normalized spacial score (nSPS) is 14.0. The summed E-state index contributed by atoms with van der Waals surface area (Å²) < 4.78 is 6.51. The summed E-state index contributed by atoms with van der Waals surface area (Å²) in [5.41, 5.74) is 1.22. The first-order chi connectivity index (χ1) is 10.1. The van der Waals surface area contributed by atoms with Crippen LogP contribution in [0, 0.1) is 0 Å². The van der Waals surface area contributed by atoms with Gasteiger partial charge in [0.25, 0.3) is 5.91 Å². The van der Waals surface area contributed by atoms with Crippen LogP contribution in [0.1, 0.15) is 32.3 Å². The van der Waals surface area contributed by atoms with Crippen LogP contribution in [0.5, 0.6) is 5.75 Å². The van der Waals surface area contributed by atoms with Crippen molar-refractivity contribution in [2.45, 2.75) is 39.3 Å². The quantitative estimate of drug-likeness (QED) is 0.780. The second-order valence-electron chi connectivity index (χ2n) is 5.27. The van der Waals surface area contributed by atoms with Gasteiger partial charge in [0.15, 0.2) is 6.61 Å². The van der Waals surface area contributed by atoms with Gasteiger partial charge in [-0.05, 0) is 60.3 Å². The van der Waals surface area contributed by atoms with Crippen molar-refractivity contribution in [3.05, 3.63) is 28.2 Å². The van der Waals surface area contributed by atoms with Crippen LogP contribution in [0.2, 0.25) is 0 Å². The molecule has 1 aliphatic carbocycles. The summed E-state index contributed by atoms with van der Waals surface area (Å²) in [7, 11) is 0. The summed E-state index contributed by atoms with van der Waals surface area (Å²) in [4.78, 5) is 13.7. The van der Waals surface area contributed by atoms with Crippen molar-refractivity contribution in [3.8, 4) is 5.75 Å². The van der Waals surface area contributed by atoms with E-state index in [0.717, 1.165) is 11.0 Å². The molecule has 1 aliphatic rings. The summed E-state index contributed by atoms with van der Waals surface area (Å²) in [6.07, 6.45) is 2.58. The highest BCUT2D eigenvalue weighted by Crippen LogP contribution is 2.27. The second-order valence-corrected chi connectivity index (χ2v) is 6.13. The van der Waals surface area contributed by atoms with Gasteiger partial charge in [-0.3, -0.25) is 4.79 Å². The summed E-state index contributed by atoms with van der Waals surface area (Å²) in [5.74, 6) is 0.733. The SMILES string of the molecule is CCN(CC)C(=O)COc1ccc(CNC2CC2)cc1Br. The molecule has 0 aromatic heterocycles. The van der Waals surface area contributed by atoms with Gasteiger partial charge in [-0.2, -0.15) is 0 Å². The van der Waals surface area contributed by atoms with Gasteiger partial charge < -0.3 is 15.0 Å². The number of hydrogen-bond acceptors (Lipinski definition) is 3. The molecule has 0 bridgehead atoms. The molecule has 1 N–H and O–H groups in total. The van der Waals surface area contributed by atoms with Crippen molar-refractivity contribution in [3.63, 3.8) is 0 Å². The van der Waals surface area contributed by atoms with Gasteiger partial charge in [0.05, 0.1) is 4.47 Å². The Morgan fingerprint density at radius 1 is 1.38 bits per heavy atom. The fourth-order valence-electron chi connectivity index (χ4n) is 2.13. The third-order valence-electron chi connectivity index (χ3n) is 3.64. The van der Waals surface area contributed by atoms with E-state index in [9.17, 15) is 4.79 Å². The number of carbonyl (C=O) groups is 1. The lowest BCUT2D eigenvalue weighted by Crippen LogP contribution is -2.34. The Morgan fingerprint density at radius 2 is 2.10 bits per heavy atom. The lowest BCUT2D eigenvalue weighted by molar-refractivity contribution is -0.132. The molecule has 0 spiro atoms. The van der Waals surface area contributed by atoms with E-state index < -0.39 is 0 Å². The van der Waals surface area contributed by atoms with E-state index in [1.165, 1.54) is 18.4 Å². The molecule has 1 fully saturated rings. The minimum atomic E-state index is 0.0198. The molecule has 1 amide bonds. The van der Waals surface area contributed by atoms with Crippen LogP contribution in [0.4, 0.5) is 0 Å². The van der Waals surface area contributed by atoms with Gasteiger partial charge in [-0.1, -0.05) is 6.07 Å². The van der Waals surface area contributed by atoms with Gasteiger partial charge in [0.2, 0.25) is 0 Å². The van der Waals surface area contributed by atoms with Crippen molar-refractivity contribution >= 4 is 21.8 Å². The molecule has 1 aromatic rings. The number of benzene rings is 1. The van der Waals surface area contributed by atoms with Crippen molar-refractivity contribution in [2.24, 2.45) is 0 Å². The molecule has 5 heteroatoms. The van der Waals surface area contributed by atoms with Crippen molar-refractivity contribution in [1.82, 2.24) is 10.2 Å². The van der Waals surface area contributed by atoms with Crippen molar-refractivity contribution < 1.29 is 9.53 Å². The van der Waals surface area contributed by atoms with Crippen LogP contribution < -0.4 is 10.1 Å². The molecule has 1 saturated carbocycles. The number of amides is 1. The number of nitrogens with one attached hydrogen (secondary N) is 1. The van der Waals surface area contributed by atoms with Gasteiger partial charge in [-0.25, -0.2) is 0 Å². The number of halogens is 1. The van der Waals surface area contributed by atoms with Gasteiger partial charge in [0, 0.05) is 25.7 Å². The highest BCUT2D eigenvalue weighted by atomic mass is 79.9. The number of rotatable bonds is 8. The molecule has 0 saturated heterocycles. The van der Waals surface area contributed by atoms with E-state index in [-0.39, 0.29) is 12.5 Å². The monoisotopic (exact) mass is 354 g/mol. The van der Waals surface area contributed by atoms with Gasteiger partial charge in [-0.15, -0.1) is 0 Å². The number of carbonyl (C=O) groups excluding carboxylic acids is 1. The molecule has 1 aromatic carbocycles. The van der Waals surface area contributed by atoms with Gasteiger partial charge >= 0.3 is 0 Å². The zero-order valence-electron chi connectivity index (χ0n) is 12.7. The van der Waals surface area contributed by atoms with E-state index in [0.29, 0.717) is 24.9 Å². The Balaban J connectivity index is 1.86. The average Bonchev–Trinajstić information content (AvgIpc) is 3.29. The molecule has 0 radical (unpaired) electrons. The average molecular weight is 355 g/mol. The number of ether oxygens (including phenoxy) is 1. The second kappa shape index (κ2) is 7.80. The molecule has 4 nitrogen and oxygen atoms in total. The molecule has 0 unspecified atom stereocenters. The third-order valence-corrected chi connectivity index (χ3v) is 4.26. The van der Waals surface area contributed by atoms with Crippen LogP contribution in [0.25, 0.3) is 0 Å². The van der Waals surface area contributed by atoms with Crippen LogP contribution in [0.15, 0.2) is 22.7 Å². The predicted octanol–water partition coefficient (Wildman–Crippen LogP) is 2.95. The van der Waals surface area contributed by atoms with Crippen LogP contribution in [-0.2, 0) is 11.3 Å². The largest absolute Gasteiger partial charge is 0.483 e. The Bertz CT molecular complexity index is 485. The minimum absolute atomic E-state index is 0.0198. The topological polar surface area (TPSA) is 41.6 Å². The maximum Gasteiger partial charge on any atom is 0.260 e. The lowest BCUT2D eigenvalue weighted by atomic mass is 10.2. The van der Waals surface area contributed by atoms with E-state index in [1.54, 1.807) is 4.90 Å². The number of hydrogen-bond donors (Lipinski definition) is 1. The standard InChI is InChI=1S/C16H23BrN2O2/c1-3-19(4-2)16(20)11-21-15-8-5-12(9-14(15)17)10-18-13-6-7-13/h5,8-9,13,18H,3-4,6-7,10-11H2,1-2H3. The molecular formula is C16H23BrN2O2. The molecule has 116 valence electrons. The van der Waals surface area contributed by atoms with E-state index in [4.69, 9.17) is 4.74 Å². The summed E-state index contributed by atoms with van der Waals surface area (Å²) in [6.45, 7) is 6.33. The predicted molar refractivity (Wildman–Crippen MR) is 87.4 cm³/mol. The Hall–Kier alpha value is -1.07. The zero-order chi connectivity index (χ0) is 15.2. The first-order valence-corrected chi connectivity index (χ1v) is 8.35. The van der Waals surface area contributed by atoms with Crippen LogP contribution in [-0.4, -0.2) is 36.5 Å². The Kier molecular flexibility index (Phi) is 6.06. The Labute approximate surface area is 135 Å². The molecule has 0 heterocycles. The fourth-order valence-corrected chi connectivity index (χ4v) is 2.67. The minimum Gasteiger partial charge on any atom is -0.483 e. The maximum absolute atomic E-state index is 11.9. The van der Waals surface area contributed by atoms with E-state index in [1.807, 2.05) is 32.0 Å². The maximum atomic E-state index is 11.9. The first kappa shape index (κ1) is 16.3.